The number of nitrogens with two attached hydrogens (primary N) is 1. The summed E-state index contributed by atoms with van der Waals surface area (Å²) >= 11 is 0. The number of benzene rings is 1. The zero-order valence-electron chi connectivity index (χ0n) is 10.2. The van der Waals surface area contributed by atoms with E-state index in [0.29, 0.717) is 11.3 Å². The number of aromatic nitrogens is 2. The molecule has 0 amide bonds. The first-order valence-electron chi connectivity index (χ1n) is 5.76. The number of nitrogen functional groups attached to an aromatic ring is 1. The van der Waals surface area contributed by atoms with Gasteiger partial charge in [0, 0.05) is 28.0 Å². The Hall–Kier alpha value is -2.69. The normalized spacial score (nSPS) is 11.0. The van der Waals surface area contributed by atoms with Crippen molar-refractivity contribution >= 4 is 33.5 Å². The molecular formula is C14H11N3O2. The maximum absolute atomic E-state index is 11.1. The number of aromatic carboxylic acids is 1. The Morgan fingerprint density at radius 3 is 2.79 bits per heavy atom. The summed E-state index contributed by atoms with van der Waals surface area (Å²) in [4.78, 5) is 19.6. The number of fused-ring (bicyclic) bond motifs is 3. The van der Waals surface area contributed by atoms with E-state index in [4.69, 9.17) is 10.8 Å². The van der Waals surface area contributed by atoms with Crippen molar-refractivity contribution in [2.24, 2.45) is 0 Å². The van der Waals surface area contributed by atoms with E-state index in [-0.39, 0.29) is 5.56 Å². The second-order valence-corrected chi connectivity index (χ2v) is 4.35. The number of hydrogen-bond acceptors (Lipinski definition) is 4. The highest BCUT2D eigenvalue weighted by Crippen LogP contribution is 2.29. The van der Waals surface area contributed by atoms with Gasteiger partial charge >= 0.3 is 5.97 Å². The topological polar surface area (TPSA) is 89.1 Å². The Bertz CT molecular complexity index is 828. The molecule has 5 nitrogen and oxygen atoms in total. The summed E-state index contributed by atoms with van der Waals surface area (Å²) in [6.45, 7) is 1.87. The van der Waals surface area contributed by atoms with Gasteiger partial charge in [-0.1, -0.05) is 0 Å². The SMILES string of the molecule is Cc1nccc2c(N)nc3ccc(C(=O)O)cc3c12. The zero-order valence-corrected chi connectivity index (χ0v) is 10.2. The number of hydrogen-bond donors (Lipinski definition) is 2. The molecule has 3 rings (SSSR count). The van der Waals surface area contributed by atoms with E-state index in [2.05, 4.69) is 9.97 Å². The summed E-state index contributed by atoms with van der Waals surface area (Å²) < 4.78 is 0. The molecule has 3 aromatic rings. The zero-order chi connectivity index (χ0) is 13.6. The van der Waals surface area contributed by atoms with Gasteiger partial charge in [0.15, 0.2) is 0 Å². The van der Waals surface area contributed by atoms with Crippen LogP contribution in [0.1, 0.15) is 16.1 Å². The maximum Gasteiger partial charge on any atom is 0.335 e. The van der Waals surface area contributed by atoms with Gasteiger partial charge in [0.05, 0.1) is 11.1 Å². The number of carbonyl (C=O) groups is 1. The lowest BCUT2D eigenvalue weighted by molar-refractivity contribution is 0.0697. The van der Waals surface area contributed by atoms with Gasteiger partial charge in [-0.3, -0.25) is 4.98 Å². The van der Waals surface area contributed by atoms with Crippen molar-refractivity contribution in [3.63, 3.8) is 0 Å². The minimum atomic E-state index is -0.964. The number of carboxylic acids is 1. The van der Waals surface area contributed by atoms with Gasteiger partial charge in [0.1, 0.15) is 5.82 Å². The van der Waals surface area contributed by atoms with Crippen molar-refractivity contribution in [2.75, 3.05) is 5.73 Å². The number of anilines is 1. The quantitative estimate of drug-likeness (QED) is 0.650. The summed E-state index contributed by atoms with van der Waals surface area (Å²) in [6.07, 6.45) is 1.67. The van der Waals surface area contributed by atoms with Crippen molar-refractivity contribution in [1.82, 2.24) is 9.97 Å². The third-order valence-electron chi connectivity index (χ3n) is 3.17. The van der Waals surface area contributed by atoms with E-state index < -0.39 is 5.97 Å². The molecule has 2 aromatic heterocycles. The van der Waals surface area contributed by atoms with Gasteiger partial charge < -0.3 is 10.8 Å². The molecule has 0 unspecified atom stereocenters. The smallest absolute Gasteiger partial charge is 0.335 e. The molecule has 0 fully saturated rings. The van der Waals surface area contributed by atoms with Crippen LogP contribution in [0, 0.1) is 6.92 Å². The first-order valence-corrected chi connectivity index (χ1v) is 5.76. The molecule has 0 aliphatic heterocycles. The Balaban J connectivity index is 2.55. The number of pyridine rings is 2. The molecule has 19 heavy (non-hydrogen) atoms. The van der Waals surface area contributed by atoms with Crippen LogP contribution in [0.15, 0.2) is 30.5 Å². The summed E-state index contributed by atoms with van der Waals surface area (Å²) in [6, 6.07) is 6.59. The molecule has 5 heteroatoms. The largest absolute Gasteiger partial charge is 0.478 e. The molecule has 94 valence electrons. The summed E-state index contributed by atoms with van der Waals surface area (Å²) in [7, 11) is 0. The fourth-order valence-electron chi connectivity index (χ4n) is 2.28. The van der Waals surface area contributed by atoms with Gasteiger partial charge in [0.25, 0.3) is 0 Å². The molecule has 0 saturated heterocycles. The predicted molar refractivity (Wildman–Crippen MR) is 73.2 cm³/mol. The fraction of sp³-hybridized carbons (Fsp3) is 0.0714. The molecule has 0 saturated carbocycles. The Labute approximate surface area is 108 Å². The first-order chi connectivity index (χ1) is 9.08. The highest BCUT2D eigenvalue weighted by molar-refractivity contribution is 6.12. The lowest BCUT2D eigenvalue weighted by atomic mass is 10.0. The molecule has 0 bridgehead atoms. The van der Waals surface area contributed by atoms with Gasteiger partial charge in [-0.2, -0.15) is 0 Å². The van der Waals surface area contributed by atoms with Gasteiger partial charge in [0.2, 0.25) is 0 Å². The van der Waals surface area contributed by atoms with E-state index >= 15 is 0 Å². The van der Waals surface area contributed by atoms with Crippen LogP contribution >= 0.6 is 0 Å². The standard InChI is InChI=1S/C14H11N3O2/c1-7-12-9(4-5-16-7)13(15)17-11-3-2-8(14(18)19)6-10(11)12/h2-6H,1H3,(H2,15,17)(H,18,19). The monoisotopic (exact) mass is 253 g/mol. The third-order valence-corrected chi connectivity index (χ3v) is 3.17. The molecular weight excluding hydrogens is 242 g/mol. The van der Waals surface area contributed by atoms with Crippen molar-refractivity contribution in [1.29, 1.82) is 0 Å². The first kappa shape index (κ1) is 11.4. The number of aryl methyl sites for hydroxylation is 1. The lowest BCUT2D eigenvalue weighted by Crippen LogP contribution is -1.99. The number of carboxylic acid groups (broad SMARTS) is 1. The molecule has 1 aromatic carbocycles. The van der Waals surface area contributed by atoms with E-state index in [1.807, 2.05) is 6.92 Å². The Morgan fingerprint density at radius 2 is 2.05 bits per heavy atom. The summed E-state index contributed by atoms with van der Waals surface area (Å²) in [5.41, 5.74) is 7.64. The third kappa shape index (κ3) is 1.67. The van der Waals surface area contributed by atoms with Crippen LogP contribution in [0.3, 0.4) is 0 Å². The molecule has 0 spiro atoms. The van der Waals surface area contributed by atoms with Crippen molar-refractivity contribution in [3.05, 3.63) is 41.7 Å². The molecule has 2 heterocycles. The van der Waals surface area contributed by atoms with Gasteiger partial charge in [-0.05, 0) is 31.2 Å². The van der Waals surface area contributed by atoms with Crippen LogP contribution in [0.25, 0.3) is 21.7 Å². The van der Waals surface area contributed by atoms with E-state index in [1.54, 1.807) is 24.4 Å². The second-order valence-electron chi connectivity index (χ2n) is 4.35. The maximum atomic E-state index is 11.1. The summed E-state index contributed by atoms with van der Waals surface area (Å²) in [5.74, 6) is -0.538. The van der Waals surface area contributed by atoms with Crippen LogP contribution in [0.4, 0.5) is 5.82 Å². The van der Waals surface area contributed by atoms with E-state index in [9.17, 15) is 4.79 Å². The van der Waals surface area contributed by atoms with Crippen molar-refractivity contribution < 1.29 is 9.90 Å². The Morgan fingerprint density at radius 1 is 1.26 bits per heavy atom. The highest BCUT2D eigenvalue weighted by atomic mass is 16.4. The van der Waals surface area contributed by atoms with Gasteiger partial charge in [-0.15, -0.1) is 0 Å². The van der Waals surface area contributed by atoms with E-state index in [0.717, 1.165) is 21.9 Å². The van der Waals surface area contributed by atoms with Crippen LogP contribution in [-0.2, 0) is 0 Å². The van der Waals surface area contributed by atoms with Gasteiger partial charge in [-0.25, -0.2) is 9.78 Å². The molecule has 0 radical (unpaired) electrons. The van der Waals surface area contributed by atoms with Crippen LogP contribution in [0.5, 0.6) is 0 Å². The van der Waals surface area contributed by atoms with Crippen LogP contribution in [-0.4, -0.2) is 21.0 Å². The highest BCUT2D eigenvalue weighted by Gasteiger charge is 2.11. The van der Waals surface area contributed by atoms with Crippen molar-refractivity contribution in [3.8, 4) is 0 Å². The van der Waals surface area contributed by atoms with Crippen molar-refractivity contribution in [2.45, 2.75) is 6.92 Å². The number of rotatable bonds is 1. The molecule has 0 aliphatic rings. The average molecular weight is 253 g/mol. The van der Waals surface area contributed by atoms with Crippen LogP contribution < -0.4 is 5.73 Å². The molecule has 0 aliphatic carbocycles. The fourth-order valence-corrected chi connectivity index (χ4v) is 2.28. The molecule has 3 N–H and O–H groups in total. The lowest BCUT2D eigenvalue weighted by Gasteiger charge is -2.08. The predicted octanol–water partition coefficient (Wildman–Crippen LogP) is 2.37. The number of nitrogens with zero attached hydrogens (tertiary/aromatic N) is 2. The minimum Gasteiger partial charge on any atom is -0.478 e. The average Bonchev–Trinajstić information content (AvgIpc) is 2.38. The van der Waals surface area contributed by atoms with E-state index in [1.165, 1.54) is 6.07 Å². The van der Waals surface area contributed by atoms with Crippen LogP contribution in [0.2, 0.25) is 0 Å². The Kier molecular flexibility index (Phi) is 2.35. The molecule has 0 atom stereocenters. The second kappa shape index (κ2) is 3.91. The minimum absolute atomic E-state index is 0.226. The summed E-state index contributed by atoms with van der Waals surface area (Å²) in [5, 5.41) is 11.5.